The first-order chi connectivity index (χ1) is 8.40. The van der Waals surface area contributed by atoms with Gasteiger partial charge in [0.1, 0.15) is 0 Å². The largest absolute Gasteiger partial charge is 0.382 e. The van der Waals surface area contributed by atoms with E-state index in [2.05, 4.69) is 41.9 Å². The lowest BCUT2D eigenvalue weighted by molar-refractivity contribution is 0.00348. The van der Waals surface area contributed by atoms with Crippen LogP contribution in [0.3, 0.4) is 0 Å². The Balaban J connectivity index is 1.90. The summed E-state index contributed by atoms with van der Waals surface area (Å²) in [6.45, 7) is 1.86. The van der Waals surface area contributed by atoms with Crippen molar-refractivity contribution in [2.45, 2.75) is 6.54 Å². The van der Waals surface area contributed by atoms with Crippen molar-refractivity contribution in [3.05, 3.63) is 48.0 Å². The Bertz CT molecular complexity index is 470. The average Bonchev–Trinajstić information content (AvgIpc) is 2.38. The molecule has 3 heteroatoms. The number of hydroxylamine groups is 1. The summed E-state index contributed by atoms with van der Waals surface area (Å²) in [4.78, 5) is 5.22. The van der Waals surface area contributed by atoms with Gasteiger partial charge in [0.05, 0.1) is 13.2 Å². The molecule has 0 saturated heterocycles. The molecule has 2 aromatic rings. The minimum Gasteiger partial charge on any atom is -0.382 e. The molecule has 0 aliphatic heterocycles. The lowest BCUT2D eigenvalue weighted by Gasteiger charge is -2.06. The molecular formula is C14H17NO2. The molecule has 17 heavy (non-hydrogen) atoms. The highest BCUT2D eigenvalue weighted by Gasteiger charge is 1.96. The molecule has 90 valence electrons. The number of nitrogens with one attached hydrogen (secondary N) is 1. The topological polar surface area (TPSA) is 30.5 Å². The van der Waals surface area contributed by atoms with Gasteiger partial charge in [0.15, 0.2) is 0 Å². The first kappa shape index (κ1) is 12.0. The lowest BCUT2D eigenvalue weighted by Crippen LogP contribution is -2.17. The van der Waals surface area contributed by atoms with E-state index < -0.39 is 0 Å². The van der Waals surface area contributed by atoms with E-state index in [-0.39, 0.29) is 0 Å². The fraction of sp³-hybridized carbons (Fsp3) is 0.286. The van der Waals surface area contributed by atoms with Crippen LogP contribution < -0.4 is 5.48 Å². The molecule has 0 radical (unpaired) electrons. The maximum atomic E-state index is 5.22. The van der Waals surface area contributed by atoms with Gasteiger partial charge in [-0.3, -0.25) is 4.84 Å². The Kier molecular flexibility index (Phi) is 4.50. The average molecular weight is 231 g/mol. The van der Waals surface area contributed by atoms with E-state index in [1.54, 1.807) is 7.11 Å². The number of methoxy groups -OCH3 is 1. The highest BCUT2D eigenvalue weighted by molar-refractivity contribution is 5.82. The highest BCUT2D eigenvalue weighted by Crippen LogP contribution is 2.15. The van der Waals surface area contributed by atoms with Crippen molar-refractivity contribution >= 4 is 10.8 Å². The molecule has 0 unspecified atom stereocenters. The van der Waals surface area contributed by atoms with Crippen molar-refractivity contribution in [2.75, 3.05) is 20.3 Å². The summed E-state index contributed by atoms with van der Waals surface area (Å²) >= 11 is 0. The third kappa shape index (κ3) is 3.53. The molecule has 0 spiro atoms. The van der Waals surface area contributed by atoms with Crippen LogP contribution in [-0.2, 0) is 16.1 Å². The molecule has 0 aliphatic rings. The number of ether oxygens (including phenoxy) is 1. The first-order valence-electron chi connectivity index (χ1n) is 5.71. The highest BCUT2D eigenvalue weighted by atomic mass is 16.7. The first-order valence-corrected chi connectivity index (χ1v) is 5.71. The Hall–Kier alpha value is -1.42. The summed E-state index contributed by atoms with van der Waals surface area (Å²) in [5.41, 5.74) is 4.13. The van der Waals surface area contributed by atoms with Gasteiger partial charge in [-0.15, -0.1) is 0 Å². The fourth-order valence-electron chi connectivity index (χ4n) is 1.68. The summed E-state index contributed by atoms with van der Waals surface area (Å²) < 4.78 is 4.89. The zero-order valence-electron chi connectivity index (χ0n) is 9.98. The van der Waals surface area contributed by atoms with E-state index in [4.69, 9.17) is 9.57 Å². The molecule has 0 bridgehead atoms. The molecule has 0 atom stereocenters. The number of rotatable bonds is 6. The van der Waals surface area contributed by atoms with Gasteiger partial charge in [-0.25, -0.2) is 0 Å². The quantitative estimate of drug-likeness (QED) is 0.612. The Morgan fingerprint density at radius 2 is 1.82 bits per heavy atom. The molecule has 0 heterocycles. The molecule has 0 fully saturated rings. The SMILES string of the molecule is COCCONCc1ccc2ccccc2c1. The molecule has 1 N–H and O–H groups in total. The van der Waals surface area contributed by atoms with Gasteiger partial charge in [0.25, 0.3) is 0 Å². The van der Waals surface area contributed by atoms with Gasteiger partial charge in [-0.1, -0.05) is 36.4 Å². The Morgan fingerprint density at radius 1 is 1.00 bits per heavy atom. The van der Waals surface area contributed by atoms with Crippen LogP contribution in [0.1, 0.15) is 5.56 Å². The van der Waals surface area contributed by atoms with E-state index in [1.807, 2.05) is 6.07 Å². The van der Waals surface area contributed by atoms with Crippen molar-refractivity contribution in [3.63, 3.8) is 0 Å². The molecule has 2 rings (SSSR count). The van der Waals surface area contributed by atoms with Crippen LogP contribution in [0.25, 0.3) is 10.8 Å². The zero-order valence-corrected chi connectivity index (χ0v) is 9.98. The van der Waals surface area contributed by atoms with Crippen LogP contribution in [0.15, 0.2) is 42.5 Å². The Morgan fingerprint density at radius 3 is 2.65 bits per heavy atom. The van der Waals surface area contributed by atoms with Gasteiger partial charge >= 0.3 is 0 Å². The predicted octanol–water partition coefficient (Wildman–Crippen LogP) is 2.51. The van der Waals surface area contributed by atoms with Crippen molar-refractivity contribution in [1.29, 1.82) is 0 Å². The summed E-state index contributed by atoms with van der Waals surface area (Å²) in [6.07, 6.45) is 0. The summed E-state index contributed by atoms with van der Waals surface area (Å²) in [6, 6.07) is 14.7. The molecule has 2 aromatic carbocycles. The van der Waals surface area contributed by atoms with Crippen LogP contribution in [0, 0.1) is 0 Å². The van der Waals surface area contributed by atoms with Gasteiger partial charge in [-0.05, 0) is 22.4 Å². The zero-order chi connectivity index (χ0) is 11.9. The number of hydrogen-bond donors (Lipinski definition) is 1. The fourth-order valence-corrected chi connectivity index (χ4v) is 1.68. The predicted molar refractivity (Wildman–Crippen MR) is 68.6 cm³/mol. The van der Waals surface area contributed by atoms with Gasteiger partial charge < -0.3 is 4.74 Å². The third-order valence-electron chi connectivity index (χ3n) is 2.58. The minimum absolute atomic E-state index is 0.560. The third-order valence-corrected chi connectivity index (χ3v) is 2.58. The van der Waals surface area contributed by atoms with Crippen LogP contribution in [0.4, 0.5) is 0 Å². The second-order valence-electron chi connectivity index (χ2n) is 3.84. The maximum absolute atomic E-state index is 5.22. The lowest BCUT2D eigenvalue weighted by atomic mass is 10.1. The second kappa shape index (κ2) is 6.35. The number of fused-ring (bicyclic) bond motifs is 1. The van der Waals surface area contributed by atoms with Crippen molar-refractivity contribution in [2.24, 2.45) is 0 Å². The van der Waals surface area contributed by atoms with Crippen LogP contribution in [-0.4, -0.2) is 20.3 Å². The van der Waals surface area contributed by atoms with Crippen LogP contribution >= 0.6 is 0 Å². The monoisotopic (exact) mass is 231 g/mol. The smallest absolute Gasteiger partial charge is 0.0916 e. The molecular weight excluding hydrogens is 214 g/mol. The van der Waals surface area contributed by atoms with Gasteiger partial charge in [-0.2, -0.15) is 5.48 Å². The summed E-state index contributed by atoms with van der Waals surface area (Å²) in [5, 5.41) is 2.51. The van der Waals surface area contributed by atoms with Crippen molar-refractivity contribution in [3.8, 4) is 0 Å². The molecule has 0 aromatic heterocycles. The normalized spacial score (nSPS) is 10.9. The number of hydrogen-bond acceptors (Lipinski definition) is 3. The second-order valence-corrected chi connectivity index (χ2v) is 3.84. The van der Waals surface area contributed by atoms with Crippen molar-refractivity contribution in [1.82, 2.24) is 5.48 Å². The molecule has 0 amide bonds. The minimum atomic E-state index is 0.560. The van der Waals surface area contributed by atoms with E-state index in [1.165, 1.54) is 16.3 Å². The van der Waals surface area contributed by atoms with Crippen molar-refractivity contribution < 1.29 is 9.57 Å². The van der Waals surface area contributed by atoms with Gasteiger partial charge in [0, 0.05) is 13.7 Å². The molecule has 3 nitrogen and oxygen atoms in total. The van der Waals surface area contributed by atoms with Crippen LogP contribution in [0.5, 0.6) is 0 Å². The summed E-state index contributed by atoms with van der Waals surface area (Å²) in [5.74, 6) is 0. The standard InChI is InChI=1S/C14H17NO2/c1-16-8-9-17-15-11-12-6-7-13-4-2-3-5-14(13)10-12/h2-7,10,15H,8-9,11H2,1H3. The molecule has 0 saturated carbocycles. The summed E-state index contributed by atoms with van der Waals surface area (Å²) in [7, 11) is 1.66. The van der Waals surface area contributed by atoms with E-state index in [0.717, 1.165) is 0 Å². The van der Waals surface area contributed by atoms with E-state index in [0.29, 0.717) is 19.8 Å². The van der Waals surface area contributed by atoms with Crippen LogP contribution in [0.2, 0.25) is 0 Å². The number of benzene rings is 2. The van der Waals surface area contributed by atoms with E-state index >= 15 is 0 Å². The van der Waals surface area contributed by atoms with Gasteiger partial charge in [0.2, 0.25) is 0 Å². The molecule has 0 aliphatic carbocycles. The maximum Gasteiger partial charge on any atom is 0.0916 e. The van der Waals surface area contributed by atoms with E-state index in [9.17, 15) is 0 Å². The Labute approximate surface area is 101 Å².